The monoisotopic (exact) mass is 247 g/mol. The fraction of sp³-hybridized carbons (Fsp3) is 0.625. The van der Waals surface area contributed by atoms with Gasteiger partial charge >= 0.3 is 0 Å². The van der Waals surface area contributed by atoms with Crippen LogP contribution in [0.5, 0.6) is 0 Å². The van der Waals surface area contributed by atoms with Crippen LogP contribution in [0.25, 0.3) is 0 Å². The molecule has 98 valence electrons. The van der Waals surface area contributed by atoms with Gasteiger partial charge in [-0.05, 0) is 61.3 Å². The number of hydrogen-bond acceptors (Lipinski definition) is 1. The van der Waals surface area contributed by atoms with Crippen molar-refractivity contribution in [3.63, 3.8) is 0 Å². The van der Waals surface area contributed by atoms with E-state index in [2.05, 4.69) is 12.2 Å². The third-order valence-electron chi connectivity index (χ3n) is 4.70. The van der Waals surface area contributed by atoms with Gasteiger partial charge < -0.3 is 5.32 Å². The summed E-state index contributed by atoms with van der Waals surface area (Å²) in [4.78, 5) is 0. The van der Waals surface area contributed by atoms with Gasteiger partial charge in [0.05, 0.1) is 0 Å². The first-order valence-corrected chi connectivity index (χ1v) is 7.30. The van der Waals surface area contributed by atoms with Crippen molar-refractivity contribution >= 4 is 0 Å². The van der Waals surface area contributed by atoms with Gasteiger partial charge in [0, 0.05) is 6.04 Å². The Morgan fingerprint density at radius 1 is 1.22 bits per heavy atom. The van der Waals surface area contributed by atoms with Crippen LogP contribution in [0.4, 0.5) is 4.39 Å². The maximum atomic E-state index is 13.0. The SMILES string of the molecule is CCCNC(c1ccc(F)cc1)C1C2CCCC21. The van der Waals surface area contributed by atoms with E-state index in [4.69, 9.17) is 0 Å². The van der Waals surface area contributed by atoms with Gasteiger partial charge in [0.1, 0.15) is 5.82 Å². The Balaban J connectivity index is 1.75. The molecule has 1 aromatic carbocycles. The smallest absolute Gasteiger partial charge is 0.123 e. The Kier molecular flexibility index (Phi) is 3.38. The van der Waals surface area contributed by atoms with Crippen LogP contribution in [0.1, 0.15) is 44.2 Å². The molecule has 1 N–H and O–H groups in total. The molecular weight excluding hydrogens is 225 g/mol. The third kappa shape index (κ3) is 2.18. The minimum absolute atomic E-state index is 0.135. The zero-order valence-corrected chi connectivity index (χ0v) is 11.0. The molecule has 2 saturated carbocycles. The van der Waals surface area contributed by atoms with E-state index in [1.54, 1.807) is 12.1 Å². The maximum Gasteiger partial charge on any atom is 0.123 e. The second-order valence-corrected chi connectivity index (χ2v) is 5.82. The first-order chi connectivity index (χ1) is 8.81. The first kappa shape index (κ1) is 12.2. The van der Waals surface area contributed by atoms with Gasteiger partial charge in [-0.15, -0.1) is 0 Å². The van der Waals surface area contributed by atoms with Crippen molar-refractivity contribution in [3.05, 3.63) is 35.6 Å². The molecule has 0 aromatic heterocycles. The van der Waals surface area contributed by atoms with Crippen molar-refractivity contribution in [1.82, 2.24) is 5.32 Å². The Bertz CT molecular complexity index is 390. The van der Waals surface area contributed by atoms with E-state index >= 15 is 0 Å². The molecule has 3 unspecified atom stereocenters. The fourth-order valence-corrected chi connectivity index (χ4v) is 3.82. The van der Waals surface area contributed by atoms with Crippen LogP contribution in [0.2, 0.25) is 0 Å². The molecule has 0 heterocycles. The van der Waals surface area contributed by atoms with Crippen LogP contribution in [0.15, 0.2) is 24.3 Å². The molecule has 3 atom stereocenters. The van der Waals surface area contributed by atoms with Crippen molar-refractivity contribution in [2.24, 2.45) is 17.8 Å². The van der Waals surface area contributed by atoms with Gasteiger partial charge in [-0.1, -0.05) is 25.5 Å². The highest BCUT2D eigenvalue weighted by Crippen LogP contribution is 2.62. The molecule has 0 spiro atoms. The summed E-state index contributed by atoms with van der Waals surface area (Å²) in [7, 11) is 0. The van der Waals surface area contributed by atoms with E-state index in [-0.39, 0.29) is 5.82 Å². The molecule has 2 heteroatoms. The van der Waals surface area contributed by atoms with Crippen LogP contribution < -0.4 is 5.32 Å². The second-order valence-electron chi connectivity index (χ2n) is 5.82. The molecule has 0 amide bonds. The largest absolute Gasteiger partial charge is 0.310 e. The van der Waals surface area contributed by atoms with E-state index in [1.807, 2.05) is 12.1 Å². The van der Waals surface area contributed by atoms with E-state index in [9.17, 15) is 4.39 Å². The summed E-state index contributed by atoms with van der Waals surface area (Å²) in [6.45, 7) is 3.25. The highest BCUT2D eigenvalue weighted by atomic mass is 19.1. The summed E-state index contributed by atoms with van der Waals surface area (Å²) in [5.41, 5.74) is 1.27. The standard InChI is InChI=1S/C16H22FN/c1-2-10-18-16(11-6-8-12(17)9-7-11)15-13-4-3-5-14(13)15/h6-9,13-16,18H,2-5,10H2,1H3. The normalized spacial score (nSPS) is 31.1. The average Bonchev–Trinajstić information content (AvgIpc) is 2.85. The summed E-state index contributed by atoms with van der Waals surface area (Å²) in [5.74, 6) is 2.54. The fourth-order valence-electron chi connectivity index (χ4n) is 3.82. The zero-order chi connectivity index (χ0) is 12.5. The molecule has 0 bridgehead atoms. The molecule has 3 rings (SSSR count). The lowest BCUT2D eigenvalue weighted by atomic mass is 9.96. The van der Waals surface area contributed by atoms with Crippen LogP contribution in [-0.2, 0) is 0 Å². The zero-order valence-electron chi connectivity index (χ0n) is 11.0. The molecule has 2 fully saturated rings. The van der Waals surface area contributed by atoms with Gasteiger partial charge in [-0.25, -0.2) is 4.39 Å². The minimum Gasteiger partial charge on any atom is -0.310 e. The maximum absolute atomic E-state index is 13.0. The second kappa shape index (κ2) is 5.00. The molecule has 1 nitrogen and oxygen atoms in total. The highest BCUT2D eigenvalue weighted by Gasteiger charge is 2.55. The summed E-state index contributed by atoms with van der Waals surface area (Å²) in [6, 6.07) is 7.54. The van der Waals surface area contributed by atoms with Gasteiger partial charge in [-0.2, -0.15) is 0 Å². The molecule has 2 aliphatic carbocycles. The Labute approximate surface area is 109 Å². The summed E-state index contributed by atoms with van der Waals surface area (Å²) in [6.07, 6.45) is 5.37. The van der Waals surface area contributed by atoms with Crippen molar-refractivity contribution in [2.75, 3.05) is 6.54 Å². The van der Waals surface area contributed by atoms with Crippen molar-refractivity contribution in [2.45, 2.75) is 38.6 Å². The predicted octanol–water partition coefficient (Wildman–Crippen LogP) is 3.91. The van der Waals surface area contributed by atoms with Gasteiger partial charge in [-0.3, -0.25) is 0 Å². The molecular formula is C16H22FN. The lowest BCUT2D eigenvalue weighted by molar-refractivity contribution is 0.417. The Hall–Kier alpha value is -0.890. The molecule has 18 heavy (non-hydrogen) atoms. The van der Waals surface area contributed by atoms with Crippen molar-refractivity contribution in [1.29, 1.82) is 0 Å². The molecule has 2 aliphatic rings. The van der Waals surface area contributed by atoms with Crippen LogP contribution in [0, 0.1) is 23.6 Å². The lowest BCUT2D eigenvalue weighted by Gasteiger charge is -2.21. The first-order valence-electron chi connectivity index (χ1n) is 7.30. The van der Waals surface area contributed by atoms with Crippen LogP contribution in [0.3, 0.4) is 0 Å². The number of hydrogen-bond donors (Lipinski definition) is 1. The Morgan fingerprint density at radius 3 is 2.50 bits per heavy atom. The number of rotatable bonds is 5. The Morgan fingerprint density at radius 2 is 1.89 bits per heavy atom. The molecule has 1 aromatic rings. The minimum atomic E-state index is -0.135. The van der Waals surface area contributed by atoms with Crippen molar-refractivity contribution in [3.8, 4) is 0 Å². The quantitative estimate of drug-likeness (QED) is 0.831. The van der Waals surface area contributed by atoms with Crippen LogP contribution >= 0.6 is 0 Å². The lowest BCUT2D eigenvalue weighted by Crippen LogP contribution is -2.25. The van der Waals surface area contributed by atoms with Gasteiger partial charge in [0.15, 0.2) is 0 Å². The number of benzene rings is 1. The third-order valence-corrected chi connectivity index (χ3v) is 4.70. The molecule has 0 saturated heterocycles. The molecule has 0 aliphatic heterocycles. The number of halogens is 1. The van der Waals surface area contributed by atoms with E-state index < -0.39 is 0 Å². The number of nitrogens with one attached hydrogen (secondary N) is 1. The van der Waals surface area contributed by atoms with Crippen molar-refractivity contribution < 1.29 is 4.39 Å². The van der Waals surface area contributed by atoms with Gasteiger partial charge in [0.2, 0.25) is 0 Å². The van der Waals surface area contributed by atoms with E-state index in [0.29, 0.717) is 6.04 Å². The van der Waals surface area contributed by atoms with E-state index in [0.717, 1.165) is 30.7 Å². The summed E-state index contributed by atoms with van der Waals surface area (Å²) >= 11 is 0. The average molecular weight is 247 g/mol. The summed E-state index contributed by atoms with van der Waals surface area (Å²) < 4.78 is 13.0. The predicted molar refractivity (Wildman–Crippen MR) is 71.8 cm³/mol. The van der Waals surface area contributed by atoms with E-state index in [1.165, 1.54) is 24.8 Å². The molecule has 0 radical (unpaired) electrons. The topological polar surface area (TPSA) is 12.0 Å². The highest BCUT2D eigenvalue weighted by molar-refractivity contribution is 5.24. The van der Waals surface area contributed by atoms with Crippen LogP contribution in [-0.4, -0.2) is 6.54 Å². The summed E-state index contributed by atoms with van der Waals surface area (Å²) in [5, 5.41) is 3.67. The van der Waals surface area contributed by atoms with Gasteiger partial charge in [0.25, 0.3) is 0 Å². The number of fused-ring (bicyclic) bond motifs is 1.